The molecule has 0 radical (unpaired) electrons. The van der Waals surface area contributed by atoms with Crippen LogP contribution in [0.3, 0.4) is 0 Å². The van der Waals surface area contributed by atoms with Gasteiger partial charge in [0.05, 0.1) is 12.6 Å². The number of amides is 1. The minimum absolute atomic E-state index is 0.174. The van der Waals surface area contributed by atoms with Crippen molar-refractivity contribution < 1.29 is 14.3 Å². The molecule has 1 saturated heterocycles. The zero-order valence-corrected chi connectivity index (χ0v) is 9.69. The van der Waals surface area contributed by atoms with Crippen molar-refractivity contribution in [2.24, 2.45) is 0 Å². The van der Waals surface area contributed by atoms with Gasteiger partial charge in [-0.3, -0.25) is 9.48 Å². The average Bonchev–Trinajstić information content (AvgIpc) is 2.96. The SMILES string of the molecule is O=C(c1ccc(Cn2cccn2)o1)N1CC(O)C1. The Balaban J connectivity index is 1.68. The second-order valence-corrected chi connectivity index (χ2v) is 4.33. The summed E-state index contributed by atoms with van der Waals surface area (Å²) in [6.45, 7) is 1.27. The van der Waals surface area contributed by atoms with Crippen LogP contribution in [0.1, 0.15) is 16.3 Å². The van der Waals surface area contributed by atoms with Crippen LogP contribution in [0, 0.1) is 0 Å². The first-order valence-corrected chi connectivity index (χ1v) is 5.76. The van der Waals surface area contributed by atoms with Gasteiger partial charge in [0.25, 0.3) is 5.91 Å². The van der Waals surface area contributed by atoms with Crippen molar-refractivity contribution in [2.45, 2.75) is 12.6 Å². The summed E-state index contributed by atoms with van der Waals surface area (Å²) in [4.78, 5) is 13.4. The fourth-order valence-corrected chi connectivity index (χ4v) is 1.91. The Kier molecular flexibility index (Phi) is 2.64. The predicted molar refractivity (Wildman–Crippen MR) is 61.9 cm³/mol. The monoisotopic (exact) mass is 247 g/mol. The van der Waals surface area contributed by atoms with Gasteiger partial charge >= 0.3 is 0 Å². The number of nitrogens with zero attached hydrogens (tertiary/aromatic N) is 3. The molecule has 1 amide bonds. The number of hydrogen-bond donors (Lipinski definition) is 1. The molecule has 1 aliphatic rings. The Bertz CT molecular complexity index is 541. The van der Waals surface area contributed by atoms with Crippen LogP contribution in [-0.4, -0.2) is 44.9 Å². The fraction of sp³-hybridized carbons (Fsp3) is 0.333. The molecule has 1 fully saturated rings. The van der Waals surface area contributed by atoms with Gasteiger partial charge in [-0.2, -0.15) is 5.10 Å². The van der Waals surface area contributed by atoms with Crippen molar-refractivity contribution in [3.63, 3.8) is 0 Å². The van der Waals surface area contributed by atoms with E-state index in [4.69, 9.17) is 9.52 Å². The Hall–Kier alpha value is -2.08. The highest BCUT2D eigenvalue weighted by Gasteiger charge is 2.31. The molecule has 3 heterocycles. The summed E-state index contributed by atoms with van der Waals surface area (Å²) in [5.41, 5.74) is 0. The number of furan rings is 1. The lowest BCUT2D eigenvalue weighted by atomic mass is 10.1. The Labute approximate surface area is 103 Å². The van der Waals surface area contributed by atoms with Crippen molar-refractivity contribution >= 4 is 5.91 Å². The van der Waals surface area contributed by atoms with Gasteiger partial charge in [0.2, 0.25) is 0 Å². The Morgan fingerprint density at radius 3 is 3.00 bits per heavy atom. The maximum Gasteiger partial charge on any atom is 0.289 e. The summed E-state index contributed by atoms with van der Waals surface area (Å²) in [5.74, 6) is 0.819. The molecule has 6 nitrogen and oxygen atoms in total. The number of β-amino-alcohol motifs (C(OH)–C–C–N with tert-alkyl or cyclic N) is 1. The van der Waals surface area contributed by atoms with Gasteiger partial charge in [-0.1, -0.05) is 0 Å². The van der Waals surface area contributed by atoms with Gasteiger partial charge in [-0.25, -0.2) is 0 Å². The quantitative estimate of drug-likeness (QED) is 0.849. The van der Waals surface area contributed by atoms with Gasteiger partial charge in [-0.05, 0) is 18.2 Å². The second-order valence-electron chi connectivity index (χ2n) is 4.33. The molecule has 0 aromatic carbocycles. The summed E-state index contributed by atoms with van der Waals surface area (Å²) >= 11 is 0. The van der Waals surface area contributed by atoms with Gasteiger partial charge in [0.1, 0.15) is 5.76 Å². The number of likely N-dealkylation sites (tertiary alicyclic amines) is 1. The summed E-state index contributed by atoms with van der Waals surface area (Å²) in [5, 5.41) is 13.2. The van der Waals surface area contributed by atoms with Crippen LogP contribution in [-0.2, 0) is 6.54 Å². The molecule has 18 heavy (non-hydrogen) atoms. The summed E-state index contributed by atoms with van der Waals surface area (Å²) < 4.78 is 7.20. The first-order chi connectivity index (χ1) is 8.72. The molecule has 2 aromatic heterocycles. The number of aliphatic hydroxyl groups is 1. The second kappa shape index (κ2) is 4.30. The lowest BCUT2D eigenvalue weighted by molar-refractivity contribution is 0.00382. The molecule has 6 heteroatoms. The predicted octanol–water partition coefficient (Wildman–Crippen LogP) is 0.341. The zero-order chi connectivity index (χ0) is 12.5. The van der Waals surface area contributed by atoms with Crippen LogP contribution in [0.25, 0.3) is 0 Å². The number of aromatic nitrogens is 2. The molecule has 94 valence electrons. The van der Waals surface area contributed by atoms with Crippen LogP contribution in [0.4, 0.5) is 0 Å². The molecule has 3 rings (SSSR count). The van der Waals surface area contributed by atoms with E-state index in [2.05, 4.69) is 5.10 Å². The molecule has 0 saturated carbocycles. The highest BCUT2D eigenvalue weighted by molar-refractivity contribution is 5.92. The normalized spacial score (nSPS) is 15.7. The van der Waals surface area contributed by atoms with Crippen molar-refractivity contribution in [3.8, 4) is 0 Å². The van der Waals surface area contributed by atoms with E-state index >= 15 is 0 Å². The molecule has 1 aliphatic heterocycles. The van der Waals surface area contributed by atoms with Gasteiger partial charge < -0.3 is 14.4 Å². The van der Waals surface area contributed by atoms with Crippen molar-refractivity contribution in [1.82, 2.24) is 14.7 Å². The third-order valence-electron chi connectivity index (χ3n) is 2.90. The maximum atomic E-state index is 11.9. The van der Waals surface area contributed by atoms with Crippen LogP contribution < -0.4 is 0 Å². The van der Waals surface area contributed by atoms with E-state index in [9.17, 15) is 4.79 Å². The van der Waals surface area contributed by atoms with Crippen molar-refractivity contribution in [2.75, 3.05) is 13.1 Å². The Morgan fingerprint density at radius 1 is 1.50 bits per heavy atom. The number of aliphatic hydroxyl groups excluding tert-OH is 1. The topological polar surface area (TPSA) is 71.5 Å². The smallest absolute Gasteiger partial charge is 0.289 e. The molecule has 0 bridgehead atoms. The lowest BCUT2D eigenvalue weighted by Crippen LogP contribution is -2.53. The highest BCUT2D eigenvalue weighted by Crippen LogP contribution is 2.16. The van der Waals surface area contributed by atoms with Crippen LogP contribution in [0.2, 0.25) is 0 Å². The summed E-state index contributed by atoms with van der Waals surface area (Å²) in [6, 6.07) is 5.26. The van der Waals surface area contributed by atoms with Gasteiger partial charge in [0, 0.05) is 25.5 Å². The van der Waals surface area contributed by atoms with Gasteiger partial charge in [-0.15, -0.1) is 0 Å². The fourth-order valence-electron chi connectivity index (χ4n) is 1.91. The lowest BCUT2D eigenvalue weighted by Gasteiger charge is -2.35. The van der Waals surface area contributed by atoms with Crippen molar-refractivity contribution in [1.29, 1.82) is 0 Å². The summed E-state index contributed by atoms with van der Waals surface area (Å²) in [7, 11) is 0. The minimum Gasteiger partial charge on any atom is -0.454 e. The largest absolute Gasteiger partial charge is 0.454 e. The van der Waals surface area contributed by atoms with E-state index in [1.807, 2.05) is 12.3 Å². The minimum atomic E-state index is -0.396. The number of rotatable bonds is 3. The third-order valence-corrected chi connectivity index (χ3v) is 2.90. The highest BCUT2D eigenvalue weighted by atomic mass is 16.4. The number of hydrogen-bond acceptors (Lipinski definition) is 4. The van der Waals surface area contributed by atoms with E-state index in [0.29, 0.717) is 31.2 Å². The van der Waals surface area contributed by atoms with E-state index in [-0.39, 0.29) is 5.91 Å². The molecule has 1 N–H and O–H groups in total. The van der Waals surface area contributed by atoms with Crippen LogP contribution in [0.15, 0.2) is 35.0 Å². The standard InChI is InChI=1S/C12H13N3O3/c16-9-6-14(7-9)12(17)11-3-2-10(18-11)8-15-5-1-4-13-15/h1-5,9,16H,6-8H2. The van der Waals surface area contributed by atoms with E-state index in [0.717, 1.165) is 0 Å². The molecule has 0 spiro atoms. The number of carbonyl (C=O) groups excluding carboxylic acids is 1. The average molecular weight is 247 g/mol. The Morgan fingerprint density at radius 2 is 2.33 bits per heavy atom. The van der Waals surface area contributed by atoms with E-state index in [1.54, 1.807) is 27.9 Å². The first kappa shape index (κ1) is 11.0. The molecule has 0 aliphatic carbocycles. The van der Waals surface area contributed by atoms with Crippen LogP contribution in [0.5, 0.6) is 0 Å². The first-order valence-electron chi connectivity index (χ1n) is 5.76. The van der Waals surface area contributed by atoms with Crippen LogP contribution >= 0.6 is 0 Å². The van der Waals surface area contributed by atoms with Crippen molar-refractivity contribution in [3.05, 3.63) is 42.1 Å². The summed E-state index contributed by atoms with van der Waals surface area (Å²) in [6.07, 6.45) is 3.12. The molecular weight excluding hydrogens is 234 g/mol. The van der Waals surface area contributed by atoms with E-state index in [1.165, 1.54) is 0 Å². The molecular formula is C12H13N3O3. The third kappa shape index (κ3) is 2.02. The van der Waals surface area contributed by atoms with E-state index < -0.39 is 6.10 Å². The molecule has 2 aromatic rings. The van der Waals surface area contributed by atoms with Gasteiger partial charge in [0.15, 0.2) is 5.76 Å². The molecule has 0 unspecified atom stereocenters. The maximum absolute atomic E-state index is 11.9. The zero-order valence-electron chi connectivity index (χ0n) is 9.69. The molecule has 0 atom stereocenters. The number of carbonyl (C=O) groups is 1.